The maximum atomic E-state index is 12.6. The average molecular weight is 332 g/mol. The summed E-state index contributed by atoms with van der Waals surface area (Å²) < 4.78 is 7.81. The molecule has 0 saturated carbocycles. The number of thiophene rings is 1. The van der Waals surface area contributed by atoms with Crippen molar-refractivity contribution in [1.29, 1.82) is 0 Å². The summed E-state index contributed by atoms with van der Waals surface area (Å²) in [6.45, 7) is 3.17. The molecule has 4 heterocycles. The highest BCUT2D eigenvalue weighted by Crippen LogP contribution is 2.31. The summed E-state index contributed by atoms with van der Waals surface area (Å²) in [6.07, 6.45) is 2.45. The first-order chi connectivity index (χ1) is 11.1. The van der Waals surface area contributed by atoms with Gasteiger partial charge in [0.15, 0.2) is 5.78 Å². The molecule has 2 atom stereocenters. The van der Waals surface area contributed by atoms with Crippen molar-refractivity contribution >= 4 is 23.0 Å². The van der Waals surface area contributed by atoms with Crippen LogP contribution in [0.1, 0.15) is 44.4 Å². The molecule has 2 aromatic rings. The fourth-order valence-electron chi connectivity index (χ4n) is 3.17. The molecule has 2 aromatic heterocycles. The Balaban J connectivity index is 1.50. The van der Waals surface area contributed by atoms with E-state index < -0.39 is 0 Å². The Morgan fingerprint density at radius 1 is 1.35 bits per heavy atom. The molecule has 23 heavy (non-hydrogen) atoms. The molecule has 120 valence electrons. The number of aromatic nitrogens is 3. The predicted octanol–water partition coefficient (Wildman–Crippen LogP) is 1.53. The Bertz CT molecular complexity index is 768. The number of nitrogens with zero attached hydrogens (tertiary/aromatic N) is 4. The molecular formula is C15H16N4O3S. The number of hydrogen-bond donors (Lipinski definition) is 0. The smallest absolute Gasteiger partial charge is 0.264 e. The maximum Gasteiger partial charge on any atom is 0.264 e. The van der Waals surface area contributed by atoms with E-state index in [9.17, 15) is 9.59 Å². The molecule has 0 radical (unpaired) electrons. The maximum absolute atomic E-state index is 12.6. The Morgan fingerprint density at radius 3 is 2.96 bits per heavy atom. The zero-order valence-corrected chi connectivity index (χ0v) is 13.5. The summed E-state index contributed by atoms with van der Waals surface area (Å²) in [5.41, 5.74) is 0.982. The average Bonchev–Trinajstić information content (AvgIpc) is 3.22. The number of Topliss-reactive ketones (excluding diaryl/α,β-unsaturated/α-hetero) is 1. The van der Waals surface area contributed by atoms with Gasteiger partial charge in [-0.1, -0.05) is 5.21 Å². The lowest BCUT2D eigenvalue weighted by Crippen LogP contribution is -2.50. The van der Waals surface area contributed by atoms with Crippen LogP contribution in [0.3, 0.4) is 0 Å². The number of carbonyl (C=O) groups excluding carboxylic acids is 2. The summed E-state index contributed by atoms with van der Waals surface area (Å²) in [4.78, 5) is 27.0. The predicted molar refractivity (Wildman–Crippen MR) is 82.5 cm³/mol. The number of hydrogen-bond acceptors (Lipinski definition) is 6. The molecule has 2 aliphatic heterocycles. The molecule has 0 aliphatic carbocycles. The van der Waals surface area contributed by atoms with Crippen molar-refractivity contribution in [2.75, 3.05) is 13.1 Å². The zero-order chi connectivity index (χ0) is 16.0. The molecule has 7 nitrogen and oxygen atoms in total. The minimum absolute atomic E-state index is 0.0120. The van der Waals surface area contributed by atoms with Crippen molar-refractivity contribution in [2.45, 2.75) is 32.1 Å². The lowest BCUT2D eigenvalue weighted by atomic mass is 10.00. The number of amides is 1. The van der Waals surface area contributed by atoms with Crippen molar-refractivity contribution in [3.63, 3.8) is 0 Å². The van der Waals surface area contributed by atoms with Crippen LogP contribution in [-0.4, -0.2) is 50.8 Å². The summed E-state index contributed by atoms with van der Waals surface area (Å²) in [6, 6.07) is 3.58. The molecule has 0 aromatic carbocycles. The highest BCUT2D eigenvalue weighted by Gasteiger charge is 2.38. The molecule has 0 spiro atoms. The first kappa shape index (κ1) is 14.5. The van der Waals surface area contributed by atoms with Gasteiger partial charge in [-0.2, -0.15) is 0 Å². The second kappa shape index (κ2) is 5.54. The van der Waals surface area contributed by atoms with Gasteiger partial charge in [-0.25, -0.2) is 4.68 Å². The summed E-state index contributed by atoms with van der Waals surface area (Å²) in [5.74, 6) is -0.0454. The normalized spacial score (nSPS) is 23.3. The third kappa shape index (κ3) is 2.47. The van der Waals surface area contributed by atoms with Gasteiger partial charge in [0.1, 0.15) is 0 Å². The van der Waals surface area contributed by atoms with Gasteiger partial charge in [0, 0.05) is 13.1 Å². The van der Waals surface area contributed by atoms with Gasteiger partial charge >= 0.3 is 0 Å². The first-order valence-corrected chi connectivity index (χ1v) is 8.36. The van der Waals surface area contributed by atoms with Crippen LogP contribution in [0.15, 0.2) is 18.3 Å². The van der Waals surface area contributed by atoms with Crippen LogP contribution in [0.25, 0.3) is 0 Å². The second-order valence-corrected chi connectivity index (χ2v) is 6.93. The zero-order valence-electron chi connectivity index (χ0n) is 12.6. The number of rotatable bonds is 2. The molecule has 4 rings (SSSR count). The Labute approximate surface area is 136 Å². The van der Waals surface area contributed by atoms with Crippen molar-refractivity contribution in [2.24, 2.45) is 0 Å². The lowest BCUT2D eigenvalue weighted by Gasteiger charge is -2.40. The van der Waals surface area contributed by atoms with Gasteiger partial charge in [0.05, 0.1) is 40.4 Å². The molecule has 1 amide bonds. The SMILES string of the molecule is CC(=O)c1ccc(C(=O)N2CC[C@@H]3[C@@H](C2)OCc2cnnn23)s1. The molecule has 2 aliphatic rings. The summed E-state index contributed by atoms with van der Waals surface area (Å²) in [5, 5.41) is 8.08. The number of ether oxygens (including phenoxy) is 1. The van der Waals surface area contributed by atoms with E-state index in [1.54, 1.807) is 23.2 Å². The number of carbonyl (C=O) groups is 2. The van der Waals surface area contributed by atoms with Crippen LogP contribution in [0.5, 0.6) is 0 Å². The van der Waals surface area contributed by atoms with E-state index in [1.165, 1.54) is 18.3 Å². The summed E-state index contributed by atoms with van der Waals surface area (Å²) >= 11 is 1.25. The van der Waals surface area contributed by atoms with Gasteiger partial charge in [0.2, 0.25) is 0 Å². The first-order valence-electron chi connectivity index (χ1n) is 7.54. The quantitative estimate of drug-likeness (QED) is 0.780. The van der Waals surface area contributed by atoms with Crippen LogP contribution >= 0.6 is 11.3 Å². The largest absolute Gasteiger partial charge is 0.368 e. The van der Waals surface area contributed by atoms with E-state index in [1.807, 2.05) is 4.68 Å². The molecule has 0 unspecified atom stereocenters. The molecule has 8 heteroatoms. The van der Waals surface area contributed by atoms with Crippen LogP contribution < -0.4 is 0 Å². The lowest BCUT2D eigenvalue weighted by molar-refractivity contribution is -0.0627. The summed E-state index contributed by atoms with van der Waals surface area (Å²) in [7, 11) is 0. The highest BCUT2D eigenvalue weighted by molar-refractivity contribution is 7.15. The number of likely N-dealkylation sites (tertiary alicyclic amines) is 1. The number of fused-ring (bicyclic) bond motifs is 3. The Kier molecular flexibility index (Phi) is 3.50. The van der Waals surface area contributed by atoms with Crippen LogP contribution in [0, 0.1) is 0 Å². The van der Waals surface area contributed by atoms with Crippen molar-refractivity contribution in [3.05, 3.63) is 33.8 Å². The third-order valence-electron chi connectivity index (χ3n) is 4.38. The topological polar surface area (TPSA) is 77.3 Å². The minimum Gasteiger partial charge on any atom is -0.368 e. The van der Waals surface area contributed by atoms with Gasteiger partial charge in [-0.15, -0.1) is 16.4 Å². The van der Waals surface area contributed by atoms with Gasteiger partial charge in [0.25, 0.3) is 5.91 Å². The van der Waals surface area contributed by atoms with E-state index in [4.69, 9.17) is 4.74 Å². The molecule has 1 saturated heterocycles. The standard InChI is InChI=1S/C15H16N4O3S/c1-9(20)13-2-3-14(23-13)15(21)18-5-4-11-12(7-18)22-8-10-6-16-17-19(10)11/h2-3,6,11-12H,4-5,7-8H2,1H3/t11-,12-/m1/s1. The Morgan fingerprint density at radius 2 is 2.17 bits per heavy atom. The fraction of sp³-hybridized carbons (Fsp3) is 0.467. The molecular weight excluding hydrogens is 316 g/mol. The van der Waals surface area contributed by atoms with E-state index >= 15 is 0 Å². The van der Waals surface area contributed by atoms with E-state index in [2.05, 4.69) is 10.3 Å². The van der Waals surface area contributed by atoms with E-state index in [-0.39, 0.29) is 23.8 Å². The molecule has 1 fully saturated rings. The van der Waals surface area contributed by atoms with E-state index in [0.29, 0.717) is 29.5 Å². The monoisotopic (exact) mass is 332 g/mol. The molecule has 0 N–H and O–H groups in total. The second-order valence-electron chi connectivity index (χ2n) is 5.85. The third-order valence-corrected chi connectivity index (χ3v) is 5.56. The van der Waals surface area contributed by atoms with Crippen molar-refractivity contribution in [1.82, 2.24) is 19.9 Å². The van der Waals surface area contributed by atoms with Gasteiger partial charge < -0.3 is 9.64 Å². The van der Waals surface area contributed by atoms with Crippen molar-refractivity contribution in [3.8, 4) is 0 Å². The van der Waals surface area contributed by atoms with Crippen LogP contribution in [-0.2, 0) is 11.3 Å². The number of piperidine rings is 1. The van der Waals surface area contributed by atoms with Gasteiger partial charge in [-0.3, -0.25) is 9.59 Å². The van der Waals surface area contributed by atoms with Crippen LogP contribution in [0.2, 0.25) is 0 Å². The fourth-order valence-corrected chi connectivity index (χ4v) is 4.04. The van der Waals surface area contributed by atoms with Crippen LogP contribution in [0.4, 0.5) is 0 Å². The van der Waals surface area contributed by atoms with Gasteiger partial charge in [-0.05, 0) is 25.5 Å². The number of ketones is 1. The Hall–Kier alpha value is -2.06. The minimum atomic E-state index is -0.0610. The molecule has 0 bridgehead atoms. The van der Waals surface area contributed by atoms with Crippen molar-refractivity contribution < 1.29 is 14.3 Å². The van der Waals surface area contributed by atoms with E-state index in [0.717, 1.165) is 12.1 Å². The highest BCUT2D eigenvalue weighted by atomic mass is 32.1.